The Morgan fingerprint density at radius 3 is 2.52 bits per heavy atom. The lowest BCUT2D eigenvalue weighted by Gasteiger charge is -2.22. The summed E-state index contributed by atoms with van der Waals surface area (Å²) in [5.41, 5.74) is 0.0697. The highest BCUT2D eigenvalue weighted by Gasteiger charge is 2.17. The molecule has 0 spiro atoms. The molecule has 1 atom stereocenters. The molecular formula is C16H24F2N2O3. The van der Waals surface area contributed by atoms with Gasteiger partial charge in [0, 0.05) is 24.7 Å². The minimum absolute atomic E-state index is 0.141. The summed E-state index contributed by atoms with van der Waals surface area (Å²) < 4.78 is 34.3. The van der Waals surface area contributed by atoms with Crippen molar-refractivity contribution in [3.05, 3.63) is 29.8 Å². The number of alkyl halides is 2. The monoisotopic (exact) mass is 330 g/mol. The standard InChI is InChI=1S/C16H24F2N2O3/c1-11(20-15(21)23-16(2,3)4)9-19-10-12-7-5-6-8-13(12)22-14(17)18/h5-8,11,14,19H,9-10H2,1-4H3,(H,20,21). The number of nitrogens with one attached hydrogen (secondary N) is 2. The number of para-hydroxylation sites is 1. The summed E-state index contributed by atoms with van der Waals surface area (Å²) in [6.45, 7) is 5.13. The van der Waals surface area contributed by atoms with Gasteiger partial charge in [0.05, 0.1) is 0 Å². The van der Waals surface area contributed by atoms with Gasteiger partial charge in [0.25, 0.3) is 0 Å². The van der Waals surface area contributed by atoms with Gasteiger partial charge in [0.15, 0.2) is 0 Å². The number of ether oxygens (including phenoxy) is 2. The van der Waals surface area contributed by atoms with Crippen LogP contribution in [-0.4, -0.2) is 30.9 Å². The van der Waals surface area contributed by atoms with Crippen molar-refractivity contribution in [2.24, 2.45) is 0 Å². The Hall–Kier alpha value is -1.89. The Kier molecular flexibility index (Phi) is 7.22. The van der Waals surface area contributed by atoms with Crippen LogP contribution in [0.15, 0.2) is 24.3 Å². The van der Waals surface area contributed by atoms with E-state index >= 15 is 0 Å². The third-order valence-corrected chi connectivity index (χ3v) is 2.72. The van der Waals surface area contributed by atoms with Crippen LogP contribution in [0.25, 0.3) is 0 Å². The number of halogens is 2. The molecule has 5 nitrogen and oxygen atoms in total. The molecule has 0 saturated heterocycles. The highest BCUT2D eigenvalue weighted by atomic mass is 19.3. The molecule has 1 rings (SSSR count). The normalized spacial score (nSPS) is 12.8. The maximum absolute atomic E-state index is 12.3. The number of alkyl carbamates (subject to hydrolysis) is 1. The number of carbonyl (C=O) groups is 1. The maximum Gasteiger partial charge on any atom is 0.407 e. The SMILES string of the molecule is CC(CNCc1ccccc1OC(F)F)NC(=O)OC(C)(C)C. The third kappa shape index (κ3) is 8.35. The average molecular weight is 330 g/mol. The first-order valence-electron chi connectivity index (χ1n) is 7.40. The van der Waals surface area contributed by atoms with E-state index in [0.29, 0.717) is 18.7 Å². The van der Waals surface area contributed by atoms with Gasteiger partial charge in [-0.1, -0.05) is 18.2 Å². The fraction of sp³-hybridized carbons (Fsp3) is 0.562. The summed E-state index contributed by atoms with van der Waals surface area (Å²) in [7, 11) is 0. The van der Waals surface area contributed by atoms with Gasteiger partial charge < -0.3 is 20.1 Å². The van der Waals surface area contributed by atoms with Gasteiger partial charge in [-0.15, -0.1) is 0 Å². The number of hydrogen-bond donors (Lipinski definition) is 2. The minimum Gasteiger partial charge on any atom is -0.444 e. The fourth-order valence-corrected chi connectivity index (χ4v) is 1.84. The molecule has 130 valence electrons. The predicted molar refractivity (Wildman–Crippen MR) is 83.6 cm³/mol. The Balaban J connectivity index is 2.40. The van der Waals surface area contributed by atoms with Crippen LogP contribution in [0.4, 0.5) is 13.6 Å². The van der Waals surface area contributed by atoms with Crippen LogP contribution < -0.4 is 15.4 Å². The number of rotatable bonds is 7. The summed E-state index contributed by atoms with van der Waals surface area (Å²) in [5, 5.41) is 5.78. The molecule has 2 N–H and O–H groups in total. The molecule has 0 aliphatic carbocycles. The average Bonchev–Trinajstić information content (AvgIpc) is 2.37. The highest BCUT2D eigenvalue weighted by molar-refractivity contribution is 5.68. The second kappa shape index (κ2) is 8.67. The zero-order chi connectivity index (χ0) is 17.5. The first-order chi connectivity index (χ1) is 10.7. The summed E-state index contributed by atoms with van der Waals surface area (Å²) in [4.78, 5) is 11.6. The van der Waals surface area contributed by atoms with Crippen molar-refractivity contribution in [1.82, 2.24) is 10.6 Å². The second-order valence-electron chi connectivity index (χ2n) is 6.16. The van der Waals surface area contributed by atoms with Gasteiger partial charge in [-0.25, -0.2) is 4.79 Å². The van der Waals surface area contributed by atoms with Crippen LogP contribution >= 0.6 is 0 Å². The van der Waals surface area contributed by atoms with E-state index < -0.39 is 18.3 Å². The molecule has 0 aromatic heterocycles. The largest absolute Gasteiger partial charge is 0.444 e. The van der Waals surface area contributed by atoms with Crippen LogP contribution in [0.3, 0.4) is 0 Å². The van der Waals surface area contributed by atoms with Gasteiger partial charge in [-0.05, 0) is 33.8 Å². The first kappa shape index (κ1) is 19.2. The van der Waals surface area contributed by atoms with Crippen molar-refractivity contribution >= 4 is 6.09 Å². The smallest absolute Gasteiger partial charge is 0.407 e. The van der Waals surface area contributed by atoms with Crippen molar-refractivity contribution in [3.8, 4) is 5.75 Å². The number of benzene rings is 1. The summed E-state index contributed by atoms with van der Waals surface area (Å²) in [5.74, 6) is 0.141. The zero-order valence-electron chi connectivity index (χ0n) is 13.9. The molecule has 1 unspecified atom stereocenters. The molecular weight excluding hydrogens is 306 g/mol. The van der Waals surface area contributed by atoms with Gasteiger partial charge in [0.1, 0.15) is 11.4 Å². The molecule has 1 aromatic carbocycles. The zero-order valence-corrected chi connectivity index (χ0v) is 13.9. The molecule has 0 saturated carbocycles. The van der Waals surface area contributed by atoms with E-state index in [4.69, 9.17) is 4.74 Å². The van der Waals surface area contributed by atoms with E-state index in [1.54, 1.807) is 39.0 Å². The number of hydrogen-bond acceptors (Lipinski definition) is 4. The van der Waals surface area contributed by atoms with E-state index in [2.05, 4.69) is 15.4 Å². The Labute approximate surface area is 135 Å². The molecule has 7 heteroatoms. The molecule has 0 bridgehead atoms. The van der Waals surface area contributed by atoms with Crippen LogP contribution in [0.5, 0.6) is 5.75 Å². The lowest BCUT2D eigenvalue weighted by Crippen LogP contribution is -2.42. The van der Waals surface area contributed by atoms with Crippen LogP contribution in [0.2, 0.25) is 0 Å². The van der Waals surface area contributed by atoms with Crippen molar-refractivity contribution in [1.29, 1.82) is 0 Å². The second-order valence-corrected chi connectivity index (χ2v) is 6.16. The van der Waals surface area contributed by atoms with Gasteiger partial charge >= 0.3 is 12.7 Å². The highest BCUT2D eigenvalue weighted by Crippen LogP contribution is 2.19. The predicted octanol–water partition coefficient (Wildman–Crippen LogP) is 3.29. The quantitative estimate of drug-likeness (QED) is 0.805. The van der Waals surface area contributed by atoms with E-state index in [-0.39, 0.29) is 11.8 Å². The van der Waals surface area contributed by atoms with E-state index in [9.17, 15) is 13.6 Å². The molecule has 0 heterocycles. The van der Waals surface area contributed by atoms with Crippen LogP contribution in [-0.2, 0) is 11.3 Å². The lowest BCUT2D eigenvalue weighted by molar-refractivity contribution is -0.0505. The molecule has 0 aliphatic heterocycles. The Bertz CT molecular complexity index is 504. The summed E-state index contributed by atoms with van der Waals surface area (Å²) in [6.07, 6.45) is -0.492. The van der Waals surface area contributed by atoms with E-state index in [1.165, 1.54) is 6.07 Å². The molecule has 0 radical (unpaired) electrons. The first-order valence-corrected chi connectivity index (χ1v) is 7.40. The van der Waals surface area contributed by atoms with Crippen molar-refractivity contribution in [2.45, 2.75) is 52.5 Å². The summed E-state index contributed by atoms with van der Waals surface area (Å²) in [6, 6.07) is 6.40. The van der Waals surface area contributed by atoms with Gasteiger partial charge in [-0.3, -0.25) is 0 Å². The topological polar surface area (TPSA) is 59.6 Å². The lowest BCUT2D eigenvalue weighted by atomic mass is 10.2. The molecule has 0 aliphatic rings. The Morgan fingerprint density at radius 2 is 1.91 bits per heavy atom. The number of amides is 1. The summed E-state index contributed by atoms with van der Waals surface area (Å²) >= 11 is 0. The molecule has 1 aromatic rings. The van der Waals surface area contributed by atoms with Crippen molar-refractivity contribution < 1.29 is 23.0 Å². The molecule has 23 heavy (non-hydrogen) atoms. The molecule has 1 amide bonds. The van der Waals surface area contributed by atoms with E-state index in [0.717, 1.165) is 0 Å². The van der Waals surface area contributed by atoms with Crippen LogP contribution in [0.1, 0.15) is 33.3 Å². The Morgan fingerprint density at radius 1 is 1.26 bits per heavy atom. The maximum atomic E-state index is 12.3. The van der Waals surface area contributed by atoms with Gasteiger partial charge in [0.2, 0.25) is 0 Å². The number of carbonyl (C=O) groups excluding carboxylic acids is 1. The van der Waals surface area contributed by atoms with Crippen molar-refractivity contribution in [3.63, 3.8) is 0 Å². The fourth-order valence-electron chi connectivity index (χ4n) is 1.84. The van der Waals surface area contributed by atoms with Gasteiger partial charge in [-0.2, -0.15) is 8.78 Å². The van der Waals surface area contributed by atoms with E-state index in [1.807, 2.05) is 6.92 Å². The van der Waals surface area contributed by atoms with Crippen LogP contribution in [0, 0.1) is 0 Å². The third-order valence-electron chi connectivity index (χ3n) is 2.72. The minimum atomic E-state index is -2.86. The van der Waals surface area contributed by atoms with Crippen molar-refractivity contribution in [2.75, 3.05) is 6.54 Å². The molecule has 0 fully saturated rings.